The predicted molar refractivity (Wildman–Crippen MR) is 144 cm³/mol. The van der Waals surface area contributed by atoms with Crippen LogP contribution in [-0.4, -0.2) is 74.9 Å². The molecule has 2 N–H and O–H groups in total. The first-order chi connectivity index (χ1) is 14.9. The highest BCUT2D eigenvalue weighted by atomic mass is 127. The van der Waals surface area contributed by atoms with Gasteiger partial charge < -0.3 is 25.2 Å². The zero-order chi connectivity index (χ0) is 22.3. The normalized spacial score (nSPS) is 22.9. The standard InChI is InChI=1S/C24H42N6O.HI/c1-6-25-23(28-18-20-8-7-15-31-22(20)24(2,3)4)27-17-19-9-10-26-21(16-19)30-13-11-29(5)12-14-30;/h9-10,16,20,22H,6-8,11-15,17-18H2,1-5H3,(H2,25,27,28);1H. The summed E-state index contributed by atoms with van der Waals surface area (Å²) in [4.78, 5) is 14.2. The number of nitrogens with one attached hydrogen (secondary N) is 2. The molecule has 0 aromatic carbocycles. The van der Waals surface area contributed by atoms with Gasteiger partial charge in [-0.1, -0.05) is 20.8 Å². The lowest BCUT2D eigenvalue weighted by Gasteiger charge is -2.40. The quantitative estimate of drug-likeness (QED) is 0.317. The van der Waals surface area contributed by atoms with Crippen LogP contribution in [-0.2, 0) is 11.3 Å². The van der Waals surface area contributed by atoms with E-state index in [1.54, 1.807) is 0 Å². The Morgan fingerprint density at radius 1 is 1.22 bits per heavy atom. The maximum Gasteiger partial charge on any atom is 0.191 e. The molecule has 2 fully saturated rings. The van der Waals surface area contributed by atoms with Crippen molar-refractivity contribution >= 4 is 35.8 Å². The highest BCUT2D eigenvalue weighted by molar-refractivity contribution is 14.0. The number of likely N-dealkylation sites (N-methyl/N-ethyl adjacent to an activating group) is 1. The van der Waals surface area contributed by atoms with Crippen molar-refractivity contribution in [2.75, 3.05) is 57.8 Å². The summed E-state index contributed by atoms with van der Waals surface area (Å²) in [6.45, 7) is 16.4. The topological polar surface area (TPSA) is 65.0 Å². The number of aromatic nitrogens is 1. The van der Waals surface area contributed by atoms with E-state index in [-0.39, 0.29) is 35.5 Å². The third kappa shape index (κ3) is 8.02. The molecular weight excluding hydrogens is 515 g/mol. The molecule has 2 unspecified atom stereocenters. The first-order valence-corrected chi connectivity index (χ1v) is 11.9. The Labute approximate surface area is 211 Å². The predicted octanol–water partition coefficient (Wildman–Crippen LogP) is 3.35. The Kier molecular flexibility index (Phi) is 11.0. The Morgan fingerprint density at radius 2 is 1.97 bits per heavy atom. The molecule has 1 aromatic rings. The largest absolute Gasteiger partial charge is 0.377 e. The average molecular weight is 559 g/mol. The third-order valence-corrected chi connectivity index (χ3v) is 6.23. The van der Waals surface area contributed by atoms with Crippen molar-refractivity contribution in [1.82, 2.24) is 20.5 Å². The van der Waals surface area contributed by atoms with E-state index < -0.39 is 0 Å². The van der Waals surface area contributed by atoms with Crippen molar-refractivity contribution in [2.24, 2.45) is 16.3 Å². The van der Waals surface area contributed by atoms with Crippen molar-refractivity contribution in [3.8, 4) is 0 Å². The van der Waals surface area contributed by atoms with Gasteiger partial charge in [0.2, 0.25) is 0 Å². The van der Waals surface area contributed by atoms with Crippen LogP contribution < -0.4 is 15.5 Å². The molecule has 182 valence electrons. The second kappa shape index (κ2) is 12.9. The molecule has 32 heavy (non-hydrogen) atoms. The second-order valence-electron chi connectivity index (χ2n) is 9.95. The van der Waals surface area contributed by atoms with Crippen LogP contribution in [0, 0.1) is 11.3 Å². The first kappa shape index (κ1) is 27.1. The molecule has 0 spiro atoms. The maximum absolute atomic E-state index is 6.14. The van der Waals surface area contributed by atoms with Gasteiger partial charge in [-0.25, -0.2) is 9.98 Å². The molecule has 8 heteroatoms. The minimum absolute atomic E-state index is 0. The fraction of sp³-hybridized carbons (Fsp3) is 0.750. The first-order valence-electron chi connectivity index (χ1n) is 11.9. The Bertz CT molecular complexity index is 715. The van der Waals surface area contributed by atoms with Gasteiger partial charge in [0.05, 0.1) is 12.6 Å². The average Bonchev–Trinajstić information content (AvgIpc) is 2.76. The Morgan fingerprint density at radius 3 is 2.66 bits per heavy atom. The molecule has 3 rings (SSSR count). The lowest BCUT2D eigenvalue weighted by atomic mass is 9.78. The van der Waals surface area contributed by atoms with Gasteiger partial charge in [0, 0.05) is 58.0 Å². The number of hydrogen-bond donors (Lipinski definition) is 2. The lowest BCUT2D eigenvalue weighted by Crippen LogP contribution is -2.47. The summed E-state index contributed by atoms with van der Waals surface area (Å²) in [5, 5.41) is 6.97. The van der Waals surface area contributed by atoms with Crippen LogP contribution in [0.2, 0.25) is 0 Å². The van der Waals surface area contributed by atoms with Crippen LogP contribution in [0.1, 0.15) is 46.1 Å². The molecule has 1 aromatic heterocycles. The molecule has 2 atom stereocenters. The zero-order valence-electron chi connectivity index (χ0n) is 20.6. The lowest BCUT2D eigenvalue weighted by molar-refractivity contribution is -0.0835. The van der Waals surface area contributed by atoms with Gasteiger partial charge in [0.1, 0.15) is 5.82 Å². The van der Waals surface area contributed by atoms with E-state index in [9.17, 15) is 0 Å². The summed E-state index contributed by atoms with van der Waals surface area (Å²) < 4.78 is 6.14. The third-order valence-electron chi connectivity index (χ3n) is 6.23. The summed E-state index contributed by atoms with van der Waals surface area (Å²) in [5.41, 5.74) is 1.34. The van der Waals surface area contributed by atoms with Gasteiger partial charge in [0.25, 0.3) is 0 Å². The second-order valence-corrected chi connectivity index (χ2v) is 9.95. The molecule has 2 aliphatic rings. The number of nitrogens with zero attached hydrogens (tertiary/aromatic N) is 4. The number of guanidine groups is 1. The monoisotopic (exact) mass is 558 g/mol. The zero-order valence-corrected chi connectivity index (χ0v) is 22.9. The van der Waals surface area contributed by atoms with Gasteiger partial charge in [-0.2, -0.15) is 0 Å². The smallest absolute Gasteiger partial charge is 0.191 e. The Balaban J connectivity index is 0.00000363. The van der Waals surface area contributed by atoms with E-state index in [2.05, 4.69) is 72.3 Å². The molecule has 0 bridgehead atoms. The van der Waals surface area contributed by atoms with E-state index >= 15 is 0 Å². The molecular formula is C24H43IN6O. The molecule has 0 saturated carbocycles. The van der Waals surface area contributed by atoms with Crippen LogP contribution in [0.5, 0.6) is 0 Å². The van der Waals surface area contributed by atoms with Crippen molar-refractivity contribution in [1.29, 1.82) is 0 Å². The van der Waals surface area contributed by atoms with Gasteiger partial charge in [-0.05, 0) is 49.9 Å². The van der Waals surface area contributed by atoms with E-state index in [1.165, 1.54) is 12.0 Å². The van der Waals surface area contributed by atoms with Crippen LogP contribution in [0.25, 0.3) is 0 Å². The maximum atomic E-state index is 6.14. The van der Waals surface area contributed by atoms with Crippen molar-refractivity contribution in [3.63, 3.8) is 0 Å². The van der Waals surface area contributed by atoms with Crippen LogP contribution in [0.15, 0.2) is 23.3 Å². The van der Waals surface area contributed by atoms with E-state index in [0.29, 0.717) is 12.5 Å². The molecule has 0 amide bonds. The van der Waals surface area contributed by atoms with Crippen molar-refractivity contribution < 1.29 is 4.74 Å². The SMILES string of the molecule is CCNC(=NCc1ccnc(N2CCN(C)CC2)c1)NCC1CCCOC1C(C)(C)C.I. The number of anilines is 1. The number of piperazine rings is 1. The summed E-state index contributed by atoms with van der Waals surface area (Å²) in [6.07, 6.45) is 4.53. The Hall–Kier alpha value is -1.13. The molecule has 0 aliphatic carbocycles. The molecule has 2 saturated heterocycles. The summed E-state index contributed by atoms with van der Waals surface area (Å²) in [6, 6.07) is 4.25. The van der Waals surface area contributed by atoms with Crippen LogP contribution in [0.3, 0.4) is 0 Å². The van der Waals surface area contributed by atoms with Crippen molar-refractivity contribution in [3.05, 3.63) is 23.9 Å². The summed E-state index contributed by atoms with van der Waals surface area (Å²) in [5.74, 6) is 2.44. The molecule has 2 aliphatic heterocycles. The van der Waals surface area contributed by atoms with Crippen LogP contribution >= 0.6 is 24.0 Å². The fourth-order valence-electron chi connectivity index (χ4n) is 4.52. The van der Waals surface area contributed by atoms with Gasteiger partial charge in [-0.15, -0.1) is 24.0 Å². The fourth-order valence-corrected chi connectivity index (χ4v) is 4.52. The van der Waals surface area contributed by atoms with E-state index in [4.69, 9.17) is 9.73 Å². The van der Waals surface area contributed by atoms with Gasteiger partial charge in [-0.3, -0.25) is 0 Å². The van der Waals surface area contributed by atoms with Crippen molar-refractivity contribution in [2.45, 2.75) is 53.2 Å². The van der Waals surface area contributed by atoms with Crippen LogP contribution in [0.4, 0.5) is 5.82 Å². The number of rotatable bonds is 6. The minimum atomic E-state index is 0. The summed E-state index contributed by atoms with van der Waals surface area (Å²) in [7, 11) is 2.17. The summed E-state index contributed by atoms with van der Waals surface area (Å²) >= 11 is 0. The van der Waals surface area contributed by atoms with E-state index in [1.807, 2.05) is 6.20 Å². The minimum Gasteiger partial charge on any atom is -0.377 e. The molecule has 3 heterocycles. The number of ether oxygens (including phenoxy) is 1. The molecule has 0 radical (unpaired) electrons. The van der Waals surface area contributed by atoms with Gasteiger partial charge in [0.15, 0.2) is 5.96 Å². The number of halogens is 1. The highest BCUT2D eigenvalue weighted by Crippen LogP contribution is 2.33. The van der Waals surface area contributed by atoms with E-state index in [0.717, 1.165) is 64.1 Å². The number of aliphatic imine (C=N–C) groups is 1. The molecule has 7 nitrogen and oxygen atoms in total. The highest BCUT2D eigenvalue weighted by Gasteiger charge is 2.35. The number of hydrogen-bond acceptors (Lipinski definition) is 5. The van der Waals surface area contributed by atoms with Gasteiger partial charge >= 0.3 is 0 Å². The number of pyridine rings is 1.